The molecule has 0 unspecified atom stereocenters. The van der Waals surface area contributed by atoms with Crippen molar-refractivity contribution in [3.05, 3.63) is 35.9 Å². The molecule has 0 amide bonds. The van der Waals surface area contributed by atoms with Crippen molar-refractivity contribution in [1.82, 2.24) is 24.9 Å². The van der Waals surface area contributed by atoms with Crippen molar-refractivity contribution in [3.8, 4) is 0 Å². The van der Waals surface area contributed by atoms with Crippen LogP contribution in [-0.2, 0) is 26.2 Å². The lowest BCUT2D eigenvalue weighted by Gasteiger charge is -2.10. The molecule has 0 bridgehead atoms. The van der Waals surface area contributed by atoms with Gasteiger partial charge in [-0.2, -0.15) is 10.2 Å². The van der Waals surface area contributed by atoms with Gasteiger partial charge in [-0.05, 0) is 24.5 Å². The smallest absolute Gasteiger partial charge is 0.0762 e. The first kappa shape index (κ1) is 14.8. The second-order valence-corrected chi connectivity index (χ2v) is 5.57. The van der Waals surface area contributed by atoms with Crippen LogP contribution in [0.3, 0.4) is 0 Å². The van der Waals surface area contributed by atoms with Crippen LogP contribution in [0, 0.1) is 5.92 Å². The average Bonchev–Trinajstić information content (AvgIpc) is 3.00. The molecule has 20 heavy (non-hydrogen) atoms. The van der Waals surface area contributed by atoms with E-state index in [0.29, 0.717) is 5.92 Å². The molecule has 0 atom stereocenters. The van der Waals surface area contributed by atoms with Crippen LogP contribution in [0.4, 0.5) is 0 Å². The highest BCUT2D eigenvalue weighted by Crippen LogP contribution is 2.04. The minimum atomic E-state index is 0.610. The van der Waals surface area contributed by atoms with Gasteiger partial charge in [0.15, 0.2) is 0 Å². The second kappa shape index (κ2) is 7.24. The Bertz CT molecular complexity index is 512. The number of nitrogens with zero attached hydrogens (tertiary/aromatic N) is 4. The third kappa shape index (κ3) is 4.20. The van der Waals surface area contributed by atoms with Crippen molar-refractivity contribution in [2.24, 2.45) is 5.92 Å². The number of rotatable bonds is 8. The summed E-state index contributed by atoms with van der Waals surface area (Å²) in [5.41, 5.74) is 2.32. The van der Waals surface area contributed by atoms with Gasteiger partial charge in [0.1, 0.15) is 0 Å². The van der Waals surface area contributed by atoms with Crippen molar-refractivity contribution >= 4 is 0 Å². The fourth-order valence-electron chi connectivity index (χ4n) is 2.19. The quantitative estimate of drug-likeness (QED) is 0.805. The van der Waals surface area contributed by atoms with Crippen LogP contribution >= 0.6 is 0 Å². The summed E-state index contributed by atoms with van der Waals surface area (Å²) in [5.74, 6) is 0.610. The van der Waals surface area contributed by atoms with Crippen LogP contribution in [0.25, 0.3) is 0 Å². The van der Waals surface area contributed by atoms with E-state index in [-0.39, 0.29) is 0 Å². The predicted molar refractivity (Wildman–Crippen MR) is 80.1 cm³/mol. The predicted octanol–water partition coefficient (Wildman–Crippen LogP) is 2.44. The van der Waals surface area contributed by atoms with Gasteiger partial charge in [0.2, 0.25) is 0 Å². The van der Waals surface area contributed by atoms with Gasteiger partial charge in [0, 0.05) is 38.6 Å². The molecule has 2 rings (SSSR count). The van der Waals surface area contributed by atoms with Crippen molar-refractivity contribution in [1.29, 1.82) is 0 Å². The van der Waals surface area contributed by atoms with E-state index in [1.165, 1.54) is 5.69 Å². The van der Waals surface area contributed by atoms with Crippen molar-refractivity contribution in [3.63, 3.8) is 0 Å². The van der Waals surface area contributed by atoms with E-state index in [9.17, 15) is 0 Å². The molecule has 5 heteroatoms. The third-order valence-electron chi connectivity index (χ3n) is 3.10. The van der Waals surface area contributed by atoms with E-state index in [0.717, 1.165) is 38.3 Å². The topological polar surface area (TPSA) is 47.7 Å². The Morgan fingerprint density at radius 3 is 2.85 bits per heavy atom. The van der Waals surface area contributed by atoms with Crippen molar-refractivity contribution in [2.45, 2.75) is 53.4 Å². The molecule has 0 saturated carbocycles. The molecule has 110 valence electrons. The number of hydrogen-bond donors (Lipinski definition) is 1. The molecule has 0 aromatic carbocycles. The zero-order chi connectivity index (χ0) is 14.4. The van der Waals surface area contributed by atoms with Gasteiger partial charge in [-0.25, -0.2) is 0 Å². The van der Waals surface area contributed by atoms with Crippen LogP contribution in [0.1, 0.15) is 38.6 Å². The molecule has 0 aliphatic rings. The van der Waals surface area contributed by atoms with Crippen LogP contribution in [0.15, 0.2) is 24.5 Å². The lowest BCUT2D eigenvalue weighted by atomic mass is 10.2. The minimum absolute atomic E-state index is 0.610. The van der Waals surface area contributed by atoms with Crippen molar-refractivity contribution < 1.29 is 0 Å². The van der Waals surface area contributed by atoms with Gasteiger partial charge in [-0.3, -0.25) is 9.36 Å². The van der Waals surface area contributed by atoms with Gasteiger partial charge < -0.3 is 5.32 Å². The van der Waals surface area contributed by atoms with Crippen LogP contribution < -0.4 is 5.32 Å². The largest absolute Gasteiger partial charge is 0.305 e. The Morgan fingerprint density at radius 1 is 1.25 bits per heavy atom. The summed E-state index contributed by atoms with van der Waals surface area (Å²) >= 11 is 0. The maximum Gasteiger partial charge on any atom is 0.0762 e. The normalized spacial score (nSPS) is 11.4. The first-order chi connectivity index (χ1) is 9.69. The molecule has 0 fully saturated rings. The first-order valence-corrected chi connectivity index (χ1v) is 7.42. The lowest BCUT2D eigenvalue weighted by Crippen LogP contribution is -2.18. The Labute approximate surface area is 121 Å². The van der Waals surface area contributed by atoms with E-state index >= 15 is 0 Å². The Morgan fingerprint density at radius 2 is 2.10 bits per heavy atom. The Balaban J connectivity index is 1.81. The standard InChI is InChI=1S/C15H25N5/c1-4-8-19-9-6-14(18-19)10-16-11-15-5-7-17-20(15)12-13(2)3/h5-7,9,13,16H,4,8,10-12H2,1-3H3. The van der Waals surface area contributed by atoms with Gasteiger partial charge in [0.05, 0.1) is 11.4 Å². The zero-order valence-corrected chi connectivity index (χ0v) is 12.7. The highest BCUT2D eigenvalue weighted by Gasteiger charge is 2.05. The average molecular weight is 275 g/mol. The molecule has 2 aromatic rings. The summed E-state index contributed by atoms with van der Waals surface area (Å²) < 4.78 is 4.08. The van der Waals surface area contributed by atoms with Gasteiger partial charge in [-0.1, -0.05) is 20.8 Å². The van der Waals surface area contributed by atoms with E-state index in [4.69, 9.17) is 0 Å². The number of aromatic nitrogens is 4. The highest BCUT2D eigenvalue weighted by atomic mass is 15.3. The fraction of sp³-hybridized carbons (Fsp3) is 0.600. The van der Waals surface area contributed by atoms with Gasteiger partial charge >= 0.3 is 0 Å². The molecule has 5 nitrogen and oxygen atoms in total. The summed E-state index contributed by atoms with van der Waals surface area (Å²) in [4.78, 5) is 0. The Hall–Kier alpha value is -1.62. The molecule has 1 N–H and O–H groups in total. The number of nitrogens with one attached hydrogen (secondary N) is 1. The van der Waals surface area contributed by atoms with Crippen LogP contribution in [-0.4, -0.2) is 19.6 Å². The third-order valence-corrected chi connectivity index (χ3v) is 3.10. The molecule has 0 aliphatic heterocycles. The zero-order valence-electron chi connectivity index (χ0n) is 12.7. The summed E-state index contributed by atoms with van der Waals surface area (Å²) in [6, 6.07) is 4.15. The molecule has 0 radical (unpaired) electrons. The van der Waals surface area contributed by atoms with E-state index < -0.39 is 0 Å². The SMILES string of the molecule is CCCn1ccc(CNCc2ccnn2CC(C)C)n1. The maximum absolute atomic E-state index is 4.52. The second-order valence-electron chi connectivity index (χ2n) is 5.57. The van der Waals surface area contributed by atoms with E-state index in [1.807, 2.05) is 17.1 Å². The number of hydrogen-bond acceptors (Lipinski definition) is 3. The van der Waals surface area contributed by atoms with E-state index in [2.05, 4.69) is 53.1 Å². The molecule has 0 spiro atoms. The minimum Gasteiger partial charge on any atom is -0.305 e. The molecule has 0 aliphatic carbocycles. The molecule has 0 saturated heterocycles. The van der Waals surface area contributed by atoms with E-state index in [1.54, 1.807) is 0 Å². The monoisotopic (exact) mass is 275 g/mol. The summed E-state index contributed by atoms with van der Waals surface area (Å²) in [6.45, 7) is 10.2. The maximum atomic E-state index is 4.52. The van der Waals surface area contributed by atoms with Gasteiger partial charge in [-0.15, -0.1) is 0 Å². The van der Waals surface area contributed by atoms with Crippen LogP contribution in [0.5, 0.6) is 0 Å². The molecular weight excluding hydrogens is 250 g/mol. The highest BCUT2D eigenvalue weighted by molar-refractivity contribution is 5.02. The van der Waals surface area contributed by atoms with Gasteiger partial charge in [0.25, 0.3) is 0 Å². The number of aryl methyl sites for hydroxylation is 1. The summed E-state index contributed by atoms with van der Waals surface area (Å²) in [7, 11) is 0. The summed E-state index contributed by atoms with van der Waals surface area (Å²) in [6.07, 6.45) is 5.03. The van der Waals surface area contributed by atoms with Crippen molar-refractivity contribution in [2.75, 3.05) is 0 Å². The molecule has 2 heterocycles. The lowest BCUT2D eigenvalue weighted by molar-refractivity contribution is 0.460. The first-order valence-electron chi connectivity index (χ1n) is 7.42. The van der Waals surface area contributed by atoms with Crippen LogP contribution in [0.2, 0.25) is 0 Å². The Kier molecular flexibility index (Phi) is 5.35. The fourth-order valence-corrected chi connectivity index (χ4v) is 2.19. The molecule has 2 aromatic heterocycles. The summed E-state index contributed by atoms with van der Waals surface area (Å²) in [5, 5.41) is 12.3. The molecular formula is C15H25N5.